The fourth-order valence-corrected chi connectivity index (χ4v) is 2.61. The summed E-state index contributed by atoms with van der Waals surface area (Å²) in [6.07, 6.45) is -0.0117. The molecule has 0 bridgehead atoms. The number of nitrogens with zero attached hydrogens (tertiary/aromatic N) is 1. The summed E-state index contributed by atoms with van der Waals surface area (Å²) in [6.45, 7) is 5.51. The SMILES string of the molecule is COc1ccccc1CN(CC(=O)Nc1ccccc1OC(C)C)C(C)=O. The second-order valence-corrected chi connectivity index (χ2v) is 6.40. The highest BCUT2D eigenvalue weighted by molar-refractivity contribution is 5.95. The monoisotopic (exact) mass is 370 g/mol. The van der Waals surface area contributed by atoms with E-state index in [1.54, 1.807) is 19.2 Å². The van der Waals surface area contributed by atoms with Crippen molar-refractivity contribution in [1.82, 2.24) is 4.90 Å². The predicted molar refractivity (Wildman–Crippen MR) is 105 cm³/mol. The smallest absolute Gasteiger partial charge is 0.244 e. The molecule has 1 N–H and O–H groups in total. The predicted octanol–water partition coefficient (Wildman–Crippen LogP) is 3.47. The van der Waals surface area contributed by atoms with Crippen molar-refractivity contribution in [3.63, 3.8) is 0 Å². The number of para-hydroxylation sites is 3. The molecule has 2 amide bonds. The van der Waals surface area contributed by atoms with Crippen LogP contribution >= 0.6 is 0 Å². The molecule has 27 heavy (non-hydrogen) atoms. The van der Waals surface area contributed by atoms with Gasteiger partial charge in [0.25, 0.3) is 0 Å². The zero-order valence-corrected chi connectivity index (χ0v) is 16.2. The minimum absolute atomic E-state index is 0.0117. The molecule has 0 spiro atoms. The maximum absolute atomic E-state index is 12.5. The summed E-state index contributed by atoms with van der Waals surface area (Å²) >= 11 is 0. The van der Waals surface area contributed by atoms with Crippen molar-refractivity contribution in [1.29, 1.82) is 0 Å². The summed E-state index contributed by atoms with van der Waals surface area (Å²) in [6, 6.07) is 14.7. The number of ether oxygens (including phenoxy) is 2. The average Bonchev–Trinajstić information content (AvgIpc) is 2.62. The fraction of sp³-hybridized carbons (Fsp3) is 0.333. The molecule has 2 aromatic rings. The van der Waals surface area contributed by atoms with Crippen LogP contribution in [0.2, 0.25) is 0 Å². The Morgan fingerprint density at radius 2 is 1.67 bits per heavy atom. The van der Waals surface area contributed by atoms with Gasteiger partial charge < -0.3 is 19.7 Å². The Morgan fingerprint density at radius 3 is 2.30 bits per heavy atom. The second kappa shape index (κ2) is 9.62. The molecule has 0 unspecified atom stereocenters. The van der Waals surface area contributed by atoms with Crippen LogP contribution in [0, 0.1) is 0 Å². The standard InChI is InChI=1S/C21H26N2O4/c1-15(2)27-20-12-8-6-10-18(20)22-21(25)14-23(16(3)24)13-17-9-5-7-11-19(17)26-4/h5-12,15H,13-14H2,1-4H3,(H,22,25). The maximum atomic E-state index is 12.5. The van der Waals surface area contributed by atoms with Gasteiger partial charge in [-0.15, -0.1) is 0 Å². The Morgan fingerprint density at radius 1 is 1.04 bits per heavy atom. The van der Waals surface area contributed by atoms with Gasteiger partial charge in [0.1, 0.15) is 18.0 Å². The van der Waals surface area contributed by atoms with Crippen LogP contribution in [0.3, 0.4) is 0 Å². The summed E-state index contributed by atoms with van der Waals surface area (Å²) < 4.78 is 11.0. The largest absolute Gasteiger partial charge is 0.496 e. The number of hydrogen-bond acceptors (Lipinski definition) is 4. The fourth-order valence-electron chi connectivity index (χ4n) is 2.61. The molecule has 2 rings (SSSR count). The number of carbonyl (C=O) groups excluding carboxylic acids is 2. The van der Waals surface area contributed by atoms with Gasteiger partial charge in [0.05, 0.1) is 18.9 Å². The molecule has 0 radical (unpaired) electrons. The van der Waals surface area contributed by atoms with Gasteiger partial charge in [0.15, 0.2) is 0 Å². The molecule has 0 aliphatic rings. The van der Waals surface area contributed by atoms with Crippen LogP contribution in [0.1, 0.15) is 26.3 Å². The molecule has 0 atom stereocenters. The molecule has 0 aliphatic heterocycles. The van der Waals surface area contributed by atoms with Crippen molar-refractivity contribution in [3.05, 3.63) is 54.1 Å². The number of anilines is 1. The first-order valence-corrected chi connectivity index (χ1v) is 8.83. The summed E-state index contributed by atoms with van der Waals surface area (Å²) in [5.41, 5.74) is 1.42. The first-order chi connectivity index (χ1) is 12.9. The minimum atomic E-state index is -0.292. The van der Waals surface area contributed by atoms with Gasteiger partial charge in [-0.1, -0.05) is 30.3 Å². The Hall–Kier alpha value is -3.02. The number of benzene rings is 2. The number of amides is 2. The quantitative estimate of drug-likeness (QED) is 0.773. The van der Waals surface area contributed by atoms with E-state index < -0.39 is 0 Å². The molecular weight excluding hydrogens is 344 g/mol. The number of hydrogen-bond donors (Lipinski definition) is 1. The lowest BCUT2D eigenvalue weighted by Gasteiger charge is -2.22. The van der Waals surface area contributed by atoms with E-state index in [2.05, 4.69) is 5.32 Å². The third kappa shape index (κ3) is 6.02. The first kappa shape index (κ1) is 20.3. The number of rotatable bonds is 8. The van der Waals surface area contributed by atoms with E-state index in [1.165, 1.54) is 11.8 Å². The zero-order chi connectivity index (χ0) is 19.8. The molecule has 0 fully saturated rings. The van der Waals surface area contributed by atoms with E-state index in [-0.39, 0.29) is 31.0 Å². The highest BCUT2D eigenvalue weighted by Gasteiger charge is 2.17. The van der Waals surface area contributed by atoms with Gasteiger partial charge in [-0.25, -0.2) is 0 Å². The Bertz CT molecular complexity index is 789. The van der Waals surface area contributed by atoms with Crippen molar-refractivity contribution in [2.75, 3.05) is 19.0 Å². The van der Waals surface area contributed by atoms with Crippen LogP contribution < -0.4 is 14.8 Å². The van der Waals surface area contributed by atoms with Crippen LogP contribution in [-0.2, 0) is 16.1 Å². The highest BCUT2D eigenvalue weighted by Crippen LogP contribution is 2.25. The Kier molecular flexibility index (Phi) is 7.23. The summed E-state index contributed by atoms with van der Waals surface area (Å²) in [5, 5.41) is 2.83. The molecule has 0 heterocycles. The molecule has 6 nitrogen and oxygen atoms in total. The van der Waals surface area contributed by atoms with E-state index >= 15 is 0 Å². The Labute approximate surface area is 160 Å². The maximum Gasteiger partial charge on any atom is 0.244 e. The van der Waals surface area contributed by atoms with Gasteiger partial charge in [0.2, 0.25) is 11.8 Å². The number of nitrogens with one attached hydrogen (secondary N) is 1. The Balaban J connectivity index is 2.09. The molecule has 0 saturated carbocycles. The van der Waals surface area contributed by atoms with Crippen LogP contribution in [0.15, 0.2) is 48.5 Å². The second-order valence-electron chi connectivity index (χ2n) is 6.40. The van der Waals surface area contributed by atoms with Crippen molar-refractivity contribution >= 4 is 17.5 Å². The molecule has 0 aliphatic carbocycles. The van der Waals surface area contributed by atoms with Crippen LogP contribution in [0.5, 0.6) is 11.5 Å². The van der Waals surface area contributed by atoms with Crippen molar-refractivity contribution in [3.8, 4) is 11.5 Å². The van der Waals surface area contributed by atoms with Gasteiger partial charge in [-0.05, 0) is 32.0 Å². The third-order valence-corrected chi connectivity index (χ3v) is 3.86. The molecule has 6 heteroatoms. The lowest BCUT2D eigenvalue weighted by Crippen LogP contribution is -2.36. The molecule has 0 saturated heterocycles. The molecule has 2 aromatic carbocycles. The van der Waals surface area contributed by atoms with Crippen molar-refractivity contribution in [2.45, 2.75) is 33.4 Å². The molecule has 0 aromatic heterocycles. The summed E-state index contributed by atoms with van der Waals surface area (Å²) in [5.74, 6) is 0.794. The zero-order valence-electron chi connectivity index (χ0n) is 16.2. The van der Waals surface area contributed by atoms with E-state index in [0.717, 1.165) is 5.56 Å². The van der Waals surface area contributed by atoms with E-state index in [1.807, 2.05) is 50.2 Å². The van der Waals surface area contributed by atoms with Crippen LogP contribution in [0.25, 0.3) is 0 Å². The van der Waals surface area contributed by atoms with E-state index in [4.69, 9.17) is 9.47 Å². The number of carbonyl (C=O) groups is 2. The first-order valence-electron chi connectivity index (χ1n) is 8.83. The van der Waals surface area contributed by atoms with Crippen LogP contribution in [0.4, 0.5) is 5.69 Å². The molecule has 144 valence electrons. The van der Waals surface area contributed by atoms with Crippen molar-refractivity contribution in [2.24, 2.45) is 0 Å². The topological polar surface area (TPSA) is 67.9 Å². The molecular formula is C21H26N2O4. The summed E-state index contributed by atoms with van der Waals surface area (Å²) in [4.78, 5) is 26.0. The van der Waals surface area contributed by atoms with E-state index in [9.17, 15) is 9.59 Å². The van der Waals surface area contributed by atoms with Crippen molar-refractivity contribution < 1.29 is 19.1 Å². The summed E-state index contributed by atoms with van der Waals surface area (Å²) in [7, 11) is 1.58. The third-order valence-electron chi connectivity index (χ3n) is 3.86. The normalized spacial score (nSPS) is 10.4. The van der Waals surface area contributed by atoms with Gasteiger partial charge >= 0.3 is 0 Å². The lowest BCUT2D eigenvalue weighted by atomic mass is 10.2. The lowest BCUT2D eigenvalue weighted by molar-refractivity contribution is -0.133. The average molecular weight is 370 g/mol. The number of methoxy groups -OCH3 is 1. The van der Waals surface area contributed by atoms with Gasteiger partial charge in [0, 0.05) is 19.0 Å². The minimum Gasteiger partial charge on any atom is -0.496 e. The van der Waals surface area contributed by atoms with E-state index in [0.29, 0.717) is 17.2 Å². The van der Waals surface area contributed by atoms with Gasteiger partial charge in [-0.2, -0.15) is 0 Å². The highest BCUT2D eigenvalue weighted by atomic mass is 16.5. The van der Waals surface area contributed by atoms with Gasteiger partial charge in [-0.3, -0.25) is 9.59 Å². The van der Waals surface area contributed by atoms with Crippen LogP contribution in [-0.4, -0.2) is 36.5 Å².